The average Bonchev–Trinajstić information content (AvgIpc) is 2.68. The summed E-state index contributed by atoms with van der Waals surface area (Å²) in [5.41, 5.74) is -3.84. The van der Waals surface area contributed by atoms with Crippen LogP contribution in [-0.2, 0) is 23.8 Å². The Hall–Kier alpha value is -2.49. The van der Waals surface area contributed by atoms with Gasteiger partial charge >= 0.3 is 17.6 Å². The van der Waals surface area contributed by atoms with E-state index in [1.165, 1.54) is 0 Å². The van der Waals surface area contributed by atoms with Crippen LogP contribution in [0.1, 0.15) is 27.0 Å². The molecular weight excluding hydrogens is 327 g/mol. The fraction of sp³-hybridized carbons (Fsp3) is 0.571. The normalized spacial score (nSPS) is 29.2. The molecule has 1 saturated heterocycles. The van der Waals surface area contributed by atoms with Crippen molar-refractivity contribution in [2.45, 2.75) is 44.9 Å². The van der Waals surface area contributed by atoms with Crippen molar-refractivity contribution in [3.63, 3.8) is 0 Å². The maximum absolute atomic E-state index is 15.2. The minimum absolute atomic E-state index is 0.360. The topological polar surface area (TPSA) is 117 Å². The number of nitrogens with zero attached hydrogens (tertiary/aromatic N) is 1. The van der Waals surface area contributed by atoms with Crippen LogP contribution in [-0.4, -0.2) is 46.0 Å². The summed E-state index contributed by atoms with van der Waals surface area (Å²) in [6.07, 6.45) is -2.93. The van der Waals surface area contributed by atoms with E-state index in [1.54, 1.807) is 0 Å². The Labute approximate surface area is 135 Å². The number of hydrogen-bond donors (Lipinski definition) is 1. The van der Waals surface area contributed by atoms with Crippen LogP contribution in [0.5, 0.6) is 0 Å². The summed E-state index contributed by atoms with van der Waals surface area (Å²) in [4.78, 5) is 47.2. The number of rotatable bonds is 4. The SMILES string of the molecule is CC(=O)OCC1O[C@@H](n2ccc(=O)[nH]c2=O)[C@](C)(F)[C@@H]1OC(C)=O. The smallest absolute Gasteiger partial charge is 0.330 e. The van der Waals surface area contributed by atoms with Crippen LogP contribution >= 0.6 is 0 Å². The third-order valence-corrected chi connectivity index (χ3v) is 3.53. The van der Waals surface area contributed by atoms with Gasteiger partial charge in [0.1, 0.15) is 12.7 Å². The van der Waals surface area contributed by atoms with E-state index in [0.717, 1.165) is 37.6 Å². The molecule has 2 heterocycles. The fourth-order valence-electron chi connectivity index (χ4n) is 2.52. The quantitative estimate of drug-likeness (QED) is 0.742. The average molecular weight is 344 g/mol. The summed E-state index contributed by atoms with van der Waals surface area (Å²) in [6.45, 7) is 2.99. The van der Waals surface area contributed by atoms with Crippen molar-refractivity contribution in [2.24, 2.45) is 0 Å². The van der Waals surface area contributed by atoms with E-state index in [4.69, 9.17) is 14.2 Å². The molecule has 9 nitrogen and oxygen atoms in total. The van der Waals surface area contributed by atoms with Gasteiger partial charge in [0.15, 0.2) is 18.0 Å². The highest BCUT2D eigenvalue weighted by molar-refractivity contribution is 5.66. The van der Waals surface area contributed by atoms with Crippen LogP contribution in [0.3, 0.4) is 0 Å². The van der Waals surface area contributed by atoms with Gasteiger partial charge in [0.25, 0.3) is 5.56 Å². The van der Waals surface area contributed by atoms with Crippen LogP contribution in [0.15, 0.2) is 21.9 Å². The summed E-state index contributed by atoms with van der Waals surface area (Å²) in [5.74, 6) is -1.37. The molecule has 1 aliphatic rings. The Bertz CT molecular complexity index is 754. The van der Waals surface area contributed by atoms with Crippen molar-refractivity contribution < 1.29 is 28.2 Å². The predicted molar refractivity (Wildman–Crippen MR) is 76.9 cm³/mol. The van der Waals surface area contributed by atoms with Gasteiger partial charge in [-0.15, -0.1) is 0 Å². The van der Waals surface area contributed by atoms with E-state index in [1.807, 2.05) is 4.98 Å². The lowest BCUT2D eigenvalue weighted by Crippen LogP contribution is -2.46. The summed E-state index contributed by atoms with van der Waals surface area (Å²) in [6, 6.07) is 1.03. The highest BCUT2D eigenvalue weighted by atomic mass is 19.1. The third kappa shape index (κ3) is 3.53. The number of carbonyl (C=O) groups excluding carboxylic acids is 2. The zero-order chi connectivity index (χ0) is 18.1. The number of esters is 2. The van der Waals surface area contributed by atoms with Gasteiger partial charge < -0.3 is 14.2 Å². The number of nitrogens with one attached hydrogen (secondary N) is 1. The molecule has 0 aliphatic carbocycles. The third-order valence-electron chi connectivity index (χ3n) is 3.53. The number of hydrogen-bond acceptors (Lipinski definition) is 7. The van der Waals surface area contributed by atoms with Crippen molar-refractivity contribution in [3.8, 4) is 0 Å². The van der Waals surface area contributed by atoms with E-state index < -0.39 is 47.3 Å². The highest BCUT2D eigenvalue weighted by Gasteiger charge is 2.58. The van der Waals surface area contributed by atoms with Crippen molar-refractivity contribution >= 4 is 11.9 Å². The van der Waals surface area contributed by atoms with Crippen LogP contribution in [0.4, 0.5) is 4.39 Å². The highest BCUT2D eigenvalue weighted by Crippen LogP contribution is 2.42. The van der Waals surface area contributed by atoms with E-state index in [9.17, 15) is 19.2 Å². The standard InChI is InChI=1S/C14H17FN2O7/c1-7(18)22-6-9-11(23-8(2)19)14(3,15)12(24-9)17-5-4-10(20)16-13(17)21/h4-5,9,11-12H,6H2,1-3H3,(H,16,20,21)/t9?,11-,12-,14-/m1/s1. The van der Waals surface area contributed by atoms with Gasteiger partial charge in [-0.2, -0.15) is 0 Å². The van der Waals surface area contributed by atoms with Crippen LogP contribution in [0, 0.1) is 0 Å². The first-order chi connectivity index (χ1) is 11.1. The first-order valence-electron chi connectivity index (χ1n) is 7.09. The second-order valence-electron chi connectivity index (χ2n) is 5.53. The molecule has 2 rings (SSSR count). The minimum Gasteiger partial charge on any atom is -0.463 e. The van der Waals surface area contributed by atoms with E-state index in [0.29, 0.717) is 0 Å². The molecule has 0 aromatic carbocycles. The molecule has 1 aliphatic heterocycles. The Kier molecular flexibility index (Phi) is 4.88. The molecule has 1 N–H and O–H groups in total. The number of alkyl halides is 1. The molecule has 0 bridgehead atoms. The Morgan fingerprint density at radius 3 is 2.58 bits per heavy atom. The van der Waals surface area contributed by atoms with Crippen molar-refractivity contribution in [2.75, 3.05) is 6.61 Å². The molecule has 0 radical (unpaired) electrons. The van der Waals surface area contributed by atoms with Crippen LogP contribution < -0.4 is 11.2 Å². The maximum Gasteiger partial charge on any atom is 0.330 e. The number of aromatic nitrogens is 2. The molecule has 1 fully saturated rings. The molecule has 10 heteroatoms. The molecule has 132 valence electrons. The number of H-pyrrole nitrogens is 1. The van der Waals surface area contributed by atoms with Gasteiger partial charge in [0.2, 0.25) is 0 Å². The van der Waals surface area contributed by atoms with E-state index >= 15 is 4.39 Å². The van der Waals surface area contributed by atoms with Gasteiger partial charge in [0, 0.05) is 26.1 Å². The Morgan fingerprint density at radius 1 is 1.38 bits per heavy atom. The summed E-state index contributed by atoms with van der Waals surface area (Å²) in [7, 11) is 0. The monoisotopic (exact) mass is 344 g/mol. The minimum atomic E-state index is -2.31. The van der Waals surface area contributed by atoms with Gasteiger partial charge in [-0.05, 0) is 6.92 Å². The molecular formula is C14H17FN2O7. The molecule has 24 heavy (non-hydrogen) atoms. The second kappa shape index (κ2) is 6.56. The predicted octanol–water partition coefficient (Wildman–Crippen LogP) is -0.343. The number of carbonyl (C=O) groups is 2. The lowest BCUT2D eigenvalue weighted by molar-refractivity contribution is -0.158. The van der Waals surface area contributed by atoms with E-state index in [2.05, 4.69) is 0 Å². The zero-order valence-electron chi connectivity index (χ0n) is 13.3. The first kappa shape index (κ1) is 17.9. The number of ether oxygens (including phenoxy) is 3. The maximum atomic E-state index is 15.2. The molecule has 1 unspecified atom stereocenters. The zero-order valence-corrected chi connectivity index (χ0v) is 13.3. The summed E-state index contributed by atoms with van der Waals surface area (Å²) < 4.78 is 31.3. The van der Waals surface area contributed by atoms with E-state index in [-0.39, 0.29) is 6.61 Å². The van der Waals surface area contributed by atoms with Gasteiger partial charge in [-0.25, -0.2) is 9.18 Å². The lowest BCUT2D eigenvalue weighted by Gasteiger charge is -2.27. The molecule has 0 spiro atoms. The molecule has 4 atom stereocenters. The molecule has 1 aromatic heterocycles. The second-order valence-corrected chi connectivity index (χ2v) is 5.53. The summed E-state index contributed by atoms with van der Waals surface area (Å²) in [5, 5.41) is 0. The van der Waals surface area contributed by atoms with Crippen molar-refractivity contribution in [3.05, 3.63) is 33.1 Å². The Balaban J connectivity index is 2.38. The van der Waals surface area contributed by atoms with Crippen LogP contribution in [0.2, 0.25) is 0 Å². The van der Waals surface area contributed by atoms with Crippen LogP contribution in [0.25, 0.3) is 0 Å². The van der Waals surface area contributed by atoms with Gasteiger partial charge in [-0.1, -0.05) is 0 Å². The number of aromatic amines is 1. The number of halogens is 1. The fourth-order valence-corrected chi connectivity index (χ4v) is 2.52. The lowest BCUT2D eigenvalue weighted by atomic mass is 9.98. The largest absolute Gasteiger partial charge is 0.463 e. The van der Waals surface area contributed by atoms with Crippen molar-refractivity contribution in [1.29, 1.82) is 0 Å². The molecule has 0 saturated carbocycles. The molecule has 0 amide bonds. The summed E-state index contributed by atoms with van der Waals surface area (Å²) >= 11 is 0. The van der Waals surface area contributed by atoms with Crippen molar-refractivity contribution in [1.82, 2.24) is 9.55 Å². The Morgan fingerprint density at radius 2 is 2.04 bits per heavy atom. The molecule has 1 aromatic rings. The van der Waals surface area contributed by atoms with Gasteiger partial charge in [-0.3, -0.25) is 23.9 Å². The first-order valence-corrected chi connectivity index (χ1v) is 7.09. The van der Waals surface area contributed by atoms with Gasteiger partial charge in [0.05, 0.1) is 0 Å².